The van der Waals surface area contributed by atoms with Gasteiger partial charge in [-0.25, -0.2) is 52.7 Å². The number of hydrogen-bond donors (Lipinski definition) is 0. The summed E-state index contributed by atoms with van der Waals surface area (Å²) in [4.78, 5) is 3.06. The Morgan fingerprint density at radius 3 is 0.714 bits per heavy atom. The zero-order valence-corrected chi connectivity index (χ0v) is 54.6. The predicted octanol–water partition coefficient (Wildman–Crippen LogP) is 16.0. The molecule has 0 spiro atoms. The molecule has 9 nitrogen and oxygen atoms in total. The third-order valence-corrected chi connectivity index (χ3v) is 18.8. The molecule has 7 rings (SSSR count). The second-order valence-electron chi connectivity index (χ2n) is 18.4. The molecule has 0 saturated carbocycles. The summed E-state index contributed by atoms with van der Waals surface area (Å²) in [6, 6.07) is 24.4. The van der Waals surface area contributed by atoms with Crippen molar-refractivity contribution in [1.82, 2.24) is 0 Å². The van der Waals surface area contributed by atoms with Gasteiger partial charge in [0.2, 0.25) is 14.7 Å². The van der Waals surface area contributed by atoms with Gasteiger partial charge >= 0.3 is 0 Å². The van der Waals surface area contributed by atoms with E-state index in [0.717, 1.165) is 31.9 Å². The molecule has 0 heterocycles. The lowest BCUT2D eigenvalue weighted by Gasteiger charge is -2.46. The van der Waals surface area contributed by atoms with E-state index in [1.54, 1.807) is 0 Å². The lowest BCUT2D eigenvalue weighted by Crippen LogP contribution is -2.79. The summed E-state index contributed by atoms with van der Waals surface area (Å²) in [5, 5.41) is -13.9. The van der Waals surface area contributed by atoms with Gasteiger partial charge in [-0.15, -0.1) is 21.9 Å². The molecule has 0 fully saturated rings. The first-order chi connectivity index (χ1) is 43.5. The zero-order chi connectivity index (χ0) is 66.9. The fourth-order valence-electron chi connectivity index (χ4n) is 9.17. The number of ether oxygens (including phenoxy) is 9. The van der Waals surface area contributed by atoms with Gasteiger partial charge in [-0.2, -0.15) is 0 Å². The van der Waals surface area contributed by atoms with Crippen molar-refractivity contribution in [1.29, 1.82) is 0 Å². The Labute approximate surface area is 558 Å². The minimum absolute atomic E-state index is 0.412. The molecule has 494 valence electrons. The summed E-state index contributed by atoms with van der Waals surface area (Å²) in [6.07, 6.45) is -5.62. The molecular weight excluding hydrogens is 1420 g/mol. The highest BCUT2D eigenvalue weighted by molar-refractivity contribution is 7.97. The van der Waals surface area contributed by atoms with E-state index in [0.29, 0.717) is 99.1 Å². The normalized spacial score (nSPS) is 11.6. The lowest BCUT2D eigenvalue weighted by molar-refractivity contribution is 0.0400. The number of benzene rings is 7. The van der Waals surface area contributed by atoms with E-state index >= 15 is 35.1 Å². The molecule has 0 saturated heterocycles. The number of para-hydroxylation sites is 3. The van der Waals surface area contributed by atoms with E-state index in [1.165, 1.54) is 0 Å². The lowest BCUT2D eigenvalue weighted by atomic mass is 9.12. The van der Waals surface area contributed by atoms with Crippen LogP contribution < -0.4 is 36.1 Å². The van der Waals surface area contributed by atoms with Crippen molar-refractivity contribution >= 4 is 132 Å². The molecule has 0 bridgehead atoms. The summed E-state index contributed by atoms with van der Waals surface area (Å²) in [5.74, 6) is -28.9. The van der Waals surface area contributed by atoms with Crippen LogP contribution in [-0.2, 0) is 39.3 Å². The smallest absolute Gasteiger partial charge is 0.208 e. The van der Waals surface area contributed by atoms with Crippen molar-refractivity contribution in [2.45, 2.75) is 35.5 Å². The summed E-state index contributed by atoms with van der Waals surface area (Å²) < 4.78 is 235. The van der Waals surface area contributed by atoms with Crippen LogP contribution in [0.1, 0.15) is 20.8 Å². The van der Waals surface area contributed by atoms with Gasteiger partial charge in [-0.05, 0) is 57.2 Å². The summed E-state index contributed by atoms with van der Waals surface area (Å²) in [6.45, 7) is 13.9. The second kappa shape index (κ2) is 35.9. The Bertz CT molecular complexity index is 3120. The van der Waals surface area contributed by atoms with E-state index in [9.17, 15) is 17.6 Å². The maximum absolute atomic E-state index is 16.0. The average molecular weight is 1470 g/mol. The van der Waals surface area contributed by atoms with Crippen molar-refractivity contribution in [2.75, 3.05) is 99.1 Å². The van der Waals surface area contributed by atoms with Crippen LogP contribution >= 0.6 is 92.8 Å². The SMILES string of the molecule is CCOCCOCCOc1ccccc1[S+](c1ccccc1OCCOCCOCC)c1ccccc1OCCOCCOCC.Fc1c(F)c(Cl)c(Cl)c([B-](c2c(F)c(F)c(F)c(Cl)c2Cl)(c2c(F)c(F)c(F)c(Cl)c2Cl)c2c(F)c(F)c(F)c(Cl)c2Cl)c1F. The fraction of sp³-hybridized carbons (Fsp3) is 0.300. The van der Waals surface area contributed by atoms with E-state index < -0.39 is 149 Å². The van der Waals surface area contributed by atoms with Gasteiger partial charge in [-0.1, -0.05) is 129 Å². The molecule has 91 heavy (non-hydrogen) atoms. The Hall–Kier alpha value is -4.41. The first kappa shape index (κ1) is 75.6. The molecule has 0 aliphatic carbocycles. The van der Waals surface area contributed by atoms with E-state index in [1.807, 2.05) is 75.4 Å². The molecule has 0 aliphatic heterocycles. The summed E-state index contributed by atoms with van der Waals surface area (Å²) in [7, 11) is -0.641. The van der Waals surface area contributed by atoms with Gasteiger partial charge in [0.05, 0.1) is 79.6 Å². The third-order valence-electron chi connectivity index (χ3n) is 13.1. The Morgan fingerprint density at radius 2 is 0.484 bits per heavy atom. The Balaban J connectivity index is 0.000000289. The summed E-state index contributed by atoms with van der Waals surface area (Å²) in [5.41, 5.74) is -8.47. The highest BCUT2D eigenvalue weighted by atomic mass is 35.5. The Kier molecular flexibility index (Phi) is 29.8. The minimum atomic E-state index is -5.62. The standard InChI is InChI=1S/C36H51O9S.C24BCl8F12/c1-4-37-19-22-40-25-28-43-31-13-7-10-16-34(31)46(35-17-11-8-14-32(35)44-29-26-41-23-20-38-5-2)36-18-12-9-15-33(36)45-30-27-42-24-21-39-6-3;26-5-1(13(34)21(42)17(38)9(5)30)25(2-6(27)10(31)18(39)22(43)14(2)35,3-7(28)11(32)19(40)23(44)15(3)36)4-8(29)12(33)20(41)24(45)16(4)37/h7-18H,4-6,19-30H2,1-3H3;/q+1;-1. The van der Waals surface area contributed by atoms with Crippen LogP contribution in [-0.4, -0.2) is 105 Å². The van der Waals surface area contributed by atoms with Crippen molar-refractivity contribution in [2.24, 2.45) is 0 Å². The quantitative estimate of drug-likeness (QED) is 0.0105. The van der Waals surface area contributed by atoms with Crippen LogP contribution in [0.5, 0.6) is 17.2 Å². The van der Waals surface area contributed by atoms with Gasteiger partial charge in [0.25, 0.3) is 0 Å². The molecule has 0 radical (unpaired) electrons. The molecule has 0 atom stereocenters. The van der Waals surface area contributed by atoms with E-state index in [2.05, 4.69) is 18.2 Å². The maximum Gasteiger partial charge on any atom is 0.208 e. The van der Waals surface area contributed by atoms with Crippen LogP contribution in [0.2, 0.25) is 40.2 Å². The molecular formula is C60H51BCl8F12O9S. The molecule has 0 aromatic heterocycles. The van der Waals surface area contributed by atoms with Gasteiger partial charge in [0.15, 0.2) is 63.8 Å². The van der Waals surface area contributed by atoms with Crippen LogP contribution in [0.25, 0.3) is 0 Å². The average Bonchev–Trinajstić information content (AvgIpc) is 0.683. The number of halogens is 20. The first-order valence-electron chi connectivity index (χ1n) is 27.1. The van der Waals surface area contributed by atoms with Crippen molar-refractivity contribution in [3.05, 3.63) is 183 Å². The molecule has 0 aliphatic rings. The maximum atomic E-state index is 16.0. The number of hydrogen-bond acceptors (Lipinski definition) is 9. The molecule has 0 amide bonds. The van der Waals surface area contributed by atoms with Crippen molar-refractivity contribution < 1.29 is 95.3 Å². The monoisotopic (exact) mass is 1470 g/mol. The largest absolute Gasteiger partial charge is 0.486 e. The molecule has 7 aromatic carbocycles. The van der Waals surface area contributed by atoms with Crippen LogP contribution in [0.15, 0.2) is 87.5 Å². The highest BCUT2D eigenvalue weighted by Crippen LogP contribution is 2.45. The van der Waals surface area contributed by atoms with Crippen LogP contribution in [0.4, 0.5) is 52.7 Å². The van der Waals surface area contributed by atoms with Crippen LogP contribution in [0.3, 0.4) is 0 Å². The van der Waals surface area contributed by atoms with Crippen molar-refractivity contribution in [3.8, 4) is 17.2 Å². The summed E-state index contributed by atoms with van der Waals surface area (Å²) >= 11 is 46.6. The van der Waals surface area contributed by atoms with E-state index in [4.69, 9.17) is 135 Å². The first-order valence-corrected chi connectivity index (χ1v) is 31.3. The number of rotatable bonds is 31. The van der Waals surface area contributed by atoms with Crippen molar-refractivity contribution in [3.63, 3.8) is 0 Å². The molecule has 7 aromatic rings. The third kappa shape index (κ3) is 17.0. The molecule has 0 N–H and O–H groups in total. The fourth-order valence-corrected chi connectivity index (χ4v) is 13.6. The topological polar surface area (TPSA) is 83.1 Å². The van der Waals surface area contributed by atoms with Gasteiger partial charge in [0, 0.05) is 39.9 Å². The molecule has 0 unspecified atom stereocenters. The zero-order valence-electron chi connectivity index (χ0n) is 47.8. The second-order valence-corrected chi connectivity index (χ2v) is 23.4. The van der Waals surface area contributed by atoms with Gasteiger partial charge in [-0.3, -0.25) is 0 Å². The Morgan fingerprint density at radius 1 is 0.275 bits per heavy atom. The van der Waals surface area contributed by atoms with Gasteiger partial charge in [0.1, 0.15) is 60.1 Å². The minimum Gasteiger partial charge on any atom is -0.486 e. The highest BCUT2D eigenvalue weighted by Gasteiger charge is 2.50. The molecule has 31 heteroatoms. The van der Waals surface area contributed by atoms with E-state index in [-0.39, 0.29) is 0 Å². The predicted molar refractivity (Wildman–Crippen MR) is 330 cm³/mol. The van der Waals surface area contributed by atoms with Crippen LogP contribution in [0, 0.1) is 69.8 Å². The van der Waals surface area contributed by atoms with Gasteiger partial charge < -0.3 is 42.6 Å².